The zero-order chi connectivity index (χ0) is 15.8. The molecule has 0 unspecified atom stereocenters. The number of benzene rings is 1. The number of carbonyl (C=O) groups excluding carboxylic acids is 1. The molecule has 0 saturated carbocycles. The summed E-state index contributed by atoms with van der Waals surface area (Å²) in [6, 6.07) is 8.41. The van der Waals surface area contributed by atoms with Crippen molar-refractivity contribution in [2.45, 2.75) is 37.4 Å². The van der Waals surface area contributed by atoms with Crippen LogP contribution in [0.2, 0.25) is 0 Å². The van der Waals surface area contributed by atoms with Gasteiger partial charge in [-0.15, -0.1) is 0 Å². The van der Waals surface area contributed by atoms with E-state index in [1.807, 2.05) is 6.07 Å². The highest BCUT2D eigenvalue weighted by Crippen LogP contribution is 2.28. The van der Waals surface area contributed by atoms with E-state index in [2.05, 4.69) is 22.5 Å². The van der Waals surface area contributed by atoms with Gasteiger partial charge in [0, 0.05) is 35.1 Å². The molecule has 5 nitrogen and oxygen atoms in total. The van der Waals surface area contributed by atoms with Crippen LogP contribution in [-0.4, -0.2) is 35.7 Å². The van der Waals surface area contributed by atoms with E-state index in [0.717, 1.165) is 18.2 Å². The number of aliphatic hydroxyl groups excluding tert-OH is 1. The van der Waals surface area contributed by atoms with E-state index >= 15 is 0 Å². The van der Waals surface area contributed by atoms with Gasteiger partial charge in [-0.1, -0.05) is 12.0 Å². The quantitative estimate of drug-likeness (QED) is 0.733. The summed E-state index contributed by atoms with van der Waals surface area (Å²) in [4.78, 5) is 12.5. The number of hydrogen-bond acceptors (Lipinski definition) is 4. The second-order valence-corrected chi connectivity index (χ2v) is 6.19. The van der Waals surface area contributed by atoms with E-state index in [1.54, 1.807) is 18.2 Å². The molecule has 5 heteroatoms. The van der Waals surface area contributed by atoms with Crippen LogP contribution < -0.4 is 10.6 Å². The zero-order valence-electron chi connectivity index (χ0n) is 12.6. The van der Waals surface area contributed by atoms with Crippen molar-refractivity contribution in [3.05, 3.63) is 35.6 Å². The molecule has 1 aromatic heterocycles. The van der Waals surface area contributed by atoms with Crippen molar-refractivity contribution in [3.63, 3.8) is 0 Å². The molecule has 2 fully saturated rings. The number of rotatable bonds is 2. The van der Waals surface area contributed by atoms with Gasteiger partial charge in [-0.05, 0) is 37.3 Å². The zero-order valence-corrected chi connectivity index (χ0v) is 12.6. The van der Waals surface area contributed by atoms with Gasteiger partial charge in [0.15, 0.2) is 5.76 Å². The maximum Gasteiger partial charge on any atom is 0.251 e. The number of aliphatic hydroxyl groups is 1. The fourth-order valence-corrected chi connectivity index (χ4v) is 3.60. The molecular weight excluding hydrogens is 292 g/mol. The predicted molar refractivity (Wildman–Crippen MR) is 86.0 cm³/mol. The minimum Gasteiger partial charge on any atom is -0.448 e. The van der Waals surface area contributed by atoms with Crippen molar-refractivity contribution >= 4 is 16.9 Å². The van der Waals surface area contributed by atoms with Gasteiger partial charge in [0.25, 0.3) is 5.91 Å². The van der Waals surface area contributed by atoms with E-state index in [1.165, 1.54) is 6.42 Å². The van der Waals surface area contributed by atoms with E-state index < -0.39 is 0 Å². The van der Waals surface area contributed by atoms with Crippen LogP contribution in [0.15, 0.2) is 28.7 Å². The first-order valence-corrected chi connectivity index (χ1v) is 7.93. The van der Waals surface area contributed by atoms with E-state index in [4.69, 9.17) is 9.52 Å². The molecule has 3 heterocycles. The van der Waals surface area contributed by atoms with Gasteiger partial charge in [0.05, 0.1) is 0 Å². The fraction of sp³-hybridized carbons (Fsp3) is 0.389. The third kappa shape index (κ3) is 2.72. The molecule has 1 amide bonds. The van der Waals surface area contributed by atoms with Crippen LogP contribution in [0.4, 0.5) is 0 Å². The highest BCUT2D eigenvalue weighted by Gasteiger charge is 2.39. The summed E-state index contributed by atoms with van der Waals surface area (Å²) in [5.41, 5.74) is 1.22. The molecule has 2 aromatic rings. The SMILES string of the molecule is O=C(N[C@@H]1C[C@H]2CC[C@@H]1N2)c1ccc2cc(C#CCO)oc2c1. The molecule has 2 aliphatic heterocycles. The summed E-state index contributed by atoms with van der Waals surface area (Å²) in [5.74, 6) is 5.71. The number of fused-ring (bicyclic) bond motifs is 3. The summed E-state index contributed by atoms with van der Waals surface area (Å²) < 4.78 is 5.60. The molecule has 0 aliphatic carbocycles. The Hall–Kier alpha value is -2.29. The molecule has 23 heavy (non-hydrogen) atoms. The first-order chi connectivity index (χ1) is 11.2. The first kappa shape index (κ1) is 14.3. The van der Waals surface area contributed by atoms with Crippen molar-refractivity contribution in [1.82, 2.24) is 10.6 Å². The third-order valence-corrected chi connectivity index (χ3v) is 4.69. The lowest BCUT2D eigenvalue weighted by Gasteiger charge is -2.21. The van der Waals surface area contributed by atoms with Gasteiger partial charge < -0.3 is 20.2 Å². The minimum absolute atomic E-state index is 0.0642. The Morgan fingerprint density at radius 1 is 1.39 bits per heavy atom. The van der Waals surface area contributed by atoms with Crippen LogP contribution in [0.3, 0.4) is 0 Å². The Morgan fingerprint density at radius 3 is 3.04 bits per heavy atom. The van der Waals surface area contributed by atoms with Gasteiger partial charge in [0.1, 0.15) is 12.2 Å². The number of hydrogen-bond donors (Lipinski definition) is 3. The Labute approximate surface area is 134 Å². The van der Waals surface area contributed by atoms with E-state index in [9.17, 15) is 4.79 Å². The molecule has 3 atom stereocenters. The molecule has 0 spiro atoms. The maximum atomic E-state index is 12.5. The summed E-state index contributed by atoms with van der Waals surface area (Å²) in [6.45, 7) is -0.206. The molecule has 2 bridgehead atoms. The second-order valence-electron chi connectivity index (χ2n) is 6.19. The predicted octanol–water partition coefficient (Wildman–Crippen LogP) is 1.40. The number of furan rings is 1. The van der Waals surface area contributed by atoms with Crippen LogP contribution in [-0.2, 0) is 0 Å². The van der Waals surface area contributed by atoms with Crippen molar-refractivity contribution in [1.29, 1.82) is 0 Å². The van der Waals surface area contributed by atoms with E-state index in [0.29, 0.717) is 29.0 Å². The van der Waals surface area contributed by atoms with Crippen molar-refractivity contribution in [2.24, 2.45) is 0 Å². The first-order valence-electron chi connectivity index (χ1n) is 7.93. The lowest BCUT2D eigenvalue weighted by Crippen LogP contribution is -2.42. The third-order valence-electron chi connectivity index (χ3n) is 4.69. The molecule has 3 N–H and O–H groups in total. The largest absolute Gasteiger partial charge is 0.448 e. The monoisotopic (exact) mass is 310 g/mol. The normalized spacial score (nSPS) is 25.3. The summed E-state index contributed by atoms with van der Waals surface area (Å²) in [6.07, 6.45) is 3.37. The Morgan fingerprint density at radius 2 is 2.30 bits per heavy atom. The van der Waals surface area contributed by atoms with Crippen LogP contribution in [0.1, 0.15) is 35.4 Å². The highest BCUT2D eigenvalue weighted by molar-refractivity contribution is 5.97. The number of carbonyl (C=O) groups is 1. The summed E-state index contributed by atoms with van der Waals surface area (Å²) in [5, 5.41) is 16.3. The maximum absolute atomic E-state index is 12.5. The number of amides is 1. The molecule has 2 aliphatic rings. The van der Waals surface area contributed by atoms with Crippen LogP contribution in [0, 0.1) is 11.8 Å². The molecule has 4 rings (SSSR count). The minimum atomic E-state index is -0.206. The van der Waals surface area contributed by atoms with Gasteiger partial charge >= 0.3 is 0 Å². The Balaban J connectivity index is 1.52. The molecule has 2 saturated heterocycles. The smallest absolute Gasteiger partial charge is 0.251 e. The van der Waals surface area contributed by atoms with E-state index in [-0.39, 0.29) is 18.6 Å². The van der Waals surface area contributed by atoms with Gasteiger partial charge in [-0.2, -0.15) is 0 Å². The number of nitrogens with one attached hydrogen (secondary N) is 2. The average molecular weight is 310 g/mol. The fourth-order valence-electron chi connectivity index (χ4n) is 3.60. The van der Waals surface area contributed by atoms with Gasteiger partial charge in [-0.25, -0.2) is 0 Å². The standard InChI is InChI=1S/C18H18N2O3/c21-7-1-2-14-8-11-3-4-12(9-17(11)23-14)18(22)20-16-10-13-5-6-15(16)19-13/h3-4,8-9,13,15-16,19,21H,5-7,10H2,(H,20,22)/t13-,15+,16-/m1/s1. The highest BCUT2D eigenvalue weighted by atomic mass is 16.3. The van der Waals surface area contributed by atoms with Crippen molar-refractivity contribution in [3.8, 4) is 11.8 Å². The van der Waals surface area contributed by atoms with Crippen molar-refractivity contribution < 1.29 is 14.3 Å². The average Bonchev–Trinajstić information content (AvgIpc) is 3.26. The van der Waals surface area contributed by atoms with Crippen LogP contribution in [0.25, 0.3) is 11.0 Å². The Bertz CT molecular complexity index is 815. The second kappa shape index (κ2) is 5.73. The lowest BCUT2D eigenvalue weighted by molar-refractivity contribution is 0.0931. The topological polar surface area (TPSA) is 74.5 Å². The molecular formula is C18H18N2O3. The molecule has 118 valence electrons. The summed E-state index contributed by atoms with van der Waals surface area (Å²) >= 11 is 0. The Kier molecular flexibility index (Phi) is 3.56. The lowest BCUT2D eigenvalue weighted by atomic mass is 9.95. The molecule has 0 radical (unpaired) electrons. The van der Waals surface area contributed by atoms with Crippen LogP contribution >= 0.6 is 0 Å². The van der Waals surface area contributed by atoms with Gasteiger partial charge in [-0.3, -0.25) is 4.79 Å². The van der Waals surface area contributed by atoms with Crippen molar-refractivity contribution in [2.75, 3.05) is 6.61 Å². The molecule has 1 aromatic carbocycles. The van der Waals surface area contributed by atoms with Crippen LogP contribution in [0.5, 0.6) is 0 Å². The van der Waals surface area contributed by atoms with Gasteiger partial charge in [0.2, 0.25) is 0 Å². The summed E-state index contributed by atoms with van der Waals surface area (Å²) in [7, 11) is 0.